The minimum absolute atomic E-state index is 0.0658. The Morgan fingerprint density at radius 2 is 2.10 bits per heavy atom. The molecule has 1 aromatic heterocycles. The maximum atomic E-state index is 13.3. The standard InChI is InChI=1S/C13H14FNO3S2/c1-2-15(11-5-3-4-10(14)8-11)20(17,18)13-6-7-19-12(13)9-16/h3-8,16H,2,9H2,1H3. The highest BCUT2D eigenvalue weighted by atomic mass is 32.2. The minimum Gasteiger partial charge on any atom is -0.391 e. The number of benzene rings is 1. The van der Waals surface area contributed by atoms with Gasteiger partial charge in [-0.2, -0.15) is 0 Å². The molecule has 2 rings (SSSR count). The van der Waals surface area contributed by atoms with E-state index in [4.69, 9.17) is 0 Å². The van der Waals surface area contributed by atoms with Crippen LogP contribution < -0.4 is 4.31 Å². The van der Waals surface area contributed by atoms with Gasteiger partial charge in [0.1, 0.15) is 10.7 Å². The molecule has 1 N–H and O–H groups in total. The highest BCUT2D eigenvalue weighted by molar-refractivity contribution is 7.93. The maximum absolute atomic E-state index is 13.3. The van der Waals surface area contributed by atoms with Crippen LogP contribution in [0.5, 0.6) is 0 Å². The summed E-state index contributed by atoms with van der Waals surface area (Å²) in [4.78, 5) is 0.441. The van der Waals surface area contributed by atoms with E-state index < -0.39 is 15.8 Å². The van der Waals surface area contributed by atoms with Crippen LogP contribution >= 0.6 is 11.3 Å². The quantitative estimate of drug-likeness (QED) is 0.922. The Kier molecular flexibility index (Phi) is 4.42. The second-order valence-corrected chi connectivity index (χ2v) is 6.85. The third-order valence-corrected chi connectivity index (χ3v) is 5.82. The summed E-state index contributed by atoms with van der Waals surface area (Å²) in [7, 11) is -3.80. The van der Waals surface area contributed by atoms with Gasteiger partial charge in [-0.15, -0.1) is 11.3 Å². The predicted molar refractivity (Wildman–Crippen MR) is 76.8 cm³/mol. The van der Waals surface area contributed by atoms with Gasteiger partial charge in [-0.05, 0) is 36.6 Å². The molecular formula is C13H14FNO3S2. The molecule has 1 aromatic carbocycles. The molecule has 0 saturated heterocycles. The smallest absolute Gasteiger partial charge is 0.265 e. The summed E-state index contributed by atoms with van der Waals surface area (Å²) in [5.41, 5.74) is 0.266. The summed E-state index contributed by atoms with van der Waals surface area (Å²) in [5.74, 6) is -0.496. The summed E-state index contributed by atoms with van der Waals surface area (Å²) < 4.78 is 39.6. The van der Waals surface area contributed by atoms with Gasteiger partial charge in [-0.3, -0.25) is 4.31 Å². The third kappa shape index (κ3) is 2.70. The van der Waals surface area contributed by atoms with Crippen LogP contribution in [0.3, 0.4) is 0 Å². The number of nitrogens with zero attached hydrogens (tertiary/aromatic N) is 1. The zero-order valence-electron chi connectivity index (χ0n) is 10.8. The number of halogens is 1. The number of hydrogen-bond donors (Lipinski definition) is 1. The normalized spacial score (nSPS) is 11.6. The zero-order chi connectivity index (χ0) is 14.8. The van der Waals surface area contributed by atoms with E-state index in [1.54, 1.807) is 12.3 Å². The first kappa shape index (κ1) is 15.0. The monoisotopic (exact) mass is 315 g/mol. The number of hydrogen-bond acceptors (Lipinski definition) is 4. The van der Waals surface area contributed by atoms with Crippen molar-refractivity contribution in [3.8, 4) is 0 Å². The van der Waals surface area contributed by atoms with Gasteiger partial charge in [0.05, 0.1) is 17.2 Å². The molecule has 0 spiro atoms. The molecule has 0 radical (unpaired) electrons. The number of rotatable bonds is 5. The van der Waals surface area contributed by atoms with E-state index in [1.807, 2.05) is 0 Å². The van der Waals surface area contributed by atoms with Crippen LogP contribution in [0.15, 0.2) is 40.6 Å². The molecule has 0 unspecified atom stereocenters. The molecule has 0 atom stereocenters. The molecule has 7 heteroatoms. The Labute approximate surface area is 121 Å². The van der Waals surface area contributed by atoms with Crippen LogP contribution in [0.1, 0.15) is 11.8 Å². The molecule has 1 heterocycles. The van der Waals surface area contributed by atoms with Gasteiger partial charge < -0.3 is 5.11 Å². The summed E-state index contributed by atoms with van der Waals surface area (Å²) in [5, 5.41) is 10.8. The molecule has 20 heavy (non-hydrogen) atoms. The van der Waals surface area contributed by atoms with Crippen molar-refractivity contribution >= 4 is 27.0 Å². The number of anilines is 1. The first-order valence-electron chi connectivity index (χ1n) is 5.96. The molecule has 108 valence electrons. The Morgan fingerprint density at radius 1 is 1.35 bits per heavy atom. The lowest BCUT2D eigenvalue weighted by Crippen LogP contribution is -2.31. The molecule has 2 aromatic rings. The minimum atomic E-state index is -3.80. The second-order valence-electron chi connectivity index (χ2n) is 4.02. The third-order valence-electron chi connectivity index (χ3n) is 2.80. The van der Waals surface area contributed by atoms with Crippen LogP contribution in [-0.4, -0.2) is 20.1 Å². The van der Waals surface area contributed by atoms with Crippen molar-refractivity contribution in [1.29, 1.82) is 0 Å². The maximum Gasteiger partial charge on any atom is 0.265 e. The summed E-state index contributed by atoms with van der Waals surface area (Å²) in [6.07, 6.45) is 0. The first-order valence-corrected chi connectivity index (χ1v) is 8.28. The van der Waals surface area contributed by atoms with Crippen LogP contribution in [0.25, 0.3) is 0 Å². The van der Waals surface area contributed by atoms with Crippen molar-refractivity contribution in [3.05, 3.63) is 46.4 Å². The van der Waals surface area contributed by atoms with E-state index in [2.05, 4.69) is 0 Å². The van der Waals surface area contributed by atoms with Gasteiger partial charge in [0.15, 0.2) is 0 Å². The Bertz CT molecular complexity index is 697. The summed E-state index contributed by atoms with van der Waals surface area (Å²) >= 11 is 1.17. The predicted octanol–water partition coefficient (Wildman–Crippen LogP) is 2.59. The molecule has 0 bridgehead atoms. The van der Waals surface area contributed by atoms with Crippen molar-refractivity contribution in [2.75, 3.05) is 10.8 Å². The van der Waals surface area contributed by atoms with Crippen LogP contribution in [0.2, 0.25) is 0 Å². The average molecular weight is 315 g/mol. The van der Waals surface area contributed by atoms with Gasteiger partial charge in [0.25, 0.3) is 10.0 Å². The topological polar surface area (TPSA) is 57.6 Å². The molecule has 0 amide bonds. The number of sulfonamides is 1. The van der Waals surface area contributed by atoms with E-state index in [-0.39, 0.29) is 23.7 Å². The summed E-state index contributed by atoms with van der Waals surface area (Å²) in [6.45, 7) is 1.51. The lowest BCUT2D eigenvalue weighted by atomic mass is 10.3. The van der Waals surface area contributed by atoms with E-state index in [0.717, 1.165) is 4.31 Å². The van der Waals surface area contributed by atoms with Crippen molar-refractivity contribution in [2.45, 2.75) is 18.4 Å². The van der Waals surface area contributed by atoms with Gasteiger partial charge in [0, 0.05) is 6.54 Å². The molecule has 0 fully saturated rings. The molecule has 0 aliphatic carbocycles. The molecule has 0 aliphatic rings. The summed E-state index contributed by atoms with van der Waals surface area (Å²) in [6, 6.07) is 6.88. The van der Waals surface area contributed by atoms with Crippen molar-refractivity contribution < 1.29 is 17.9 Å². The lowest BCUT2D eigenvalue weighted by molar-refractivity contribution is 0.282. The Balaban J connectivity index is 2.51. The van der Waals surface area contributed by atoms with E-state index in [1.165, 1.54) is 41.7 Å². The number of aliphatic hydroxyl groups excluding tert-OH is 1. The Hall–Kier alpha value is -1.44. The fourth-order valence-electron chi connectivity index (χ4n) is 1.92. The zero-order valence-corrected chi connectivity index (χ0v) is 12.4. The first-order chi connectivity index (χ1) is 9.50. The Morgan fingerprint density at radius 3 is 2.70 bits per heavy atom. The molecule has 0 aliphatic heterocycles. The van der Waals surface area contributed by atoms with Gasteiger partial charge in [0.2, 0.25) is 0 Å². The fraction of sp³-hybridized carbons (Fsp3) is 0.231. The molecular weight excluding hydrogens is 301 g/mol. The number of thiophene rings is 1. The lowest BCUT2D eigenvalue weighted by Gasteiger charge is -2.23. The van der Waals surface area contributed by atoms with Crippen LogP contribution in [-0.2, 0) is 16.6 Å². The highest BCUT2D eigenvalue weighted by Gasteiger charge is 2.27. The van der Waals surface area contributed by atoms with Crippen molar-refractivity contribution in [2.24, 2.45) is 0 Å². The number of aliphatic hydroxyl groups is 1. The van der Waals surface area contributed by atoms with E-state index in [9.17, 15) is 17.9 Å². The van der Waals surface area contributed by atoms with Crippen molar-refractivity contribution in [3.63, 3.8) is 0 Å². The van der Waals surface area contributed by atoms with Crippen molar-refractivity contribution in [1.82, 2.24) is 0 Å². The largest absolute Gasteiger partial charge is 0.391 e. The van der Waals surface area contributed by atoms with E-state index in [0.29, 0.717) is 4.88 Å². The van der Waals surface area contributed by atoms with Gasteiger partial charge in [-0.25, -0.2) is 12.8 Å². The second kappa shape index (κ2) is 5.90. The fourth-order valence-corrected chi connectivity index (χ4v) is 4.65. The van der Waals surface area contributed by atoms with E-state index >= 15 is 0 Å². The highest BCUT2D eigenvalue weighted by Crippen LogP contribution is 2.29. The molecule has 0 saturated carbocycles. The van der Waals surface area contributed by atoms with Crippen LogP contribution in [0.4, 0.5) is 10.1 Å². The van der Waals surface area contributed by atoms with Crippen LogP contribution in [0, 0.1) is 5.82 Å². The molecule has 4 nitrogen and oxygen atoms in total. The average Bonchev–Trinajstić information content (AvgIpc) is 2.88. The van der Waals surface area contributed by atoms with Gasteiger partial charge in [-0.1, -0.05) is 6.07 Å². The SMILES string of the molecule is CCN(c1cccc(F)c1)S(=O)(=O)c1ccsc1CO. The van der Waals surface area contributed by atoms with Gasteiger partial charge >= 0.3 is 0 Å².